The highest BCUT2D eigenvalue weighted by Crippen LogP contribution is 2.29. The van der Waals surface area contributed by atoms with Crippen LogP contribution in [-0.4, -0.2) is 41.0 Å². The first-order valence-corrected chi connectivity index (χ1v) is 13.0. The van der Waals surface area contributed by atoms with Crippen LogP contribution in [0.1, 0.15) is 76.3 Å². The van der Waals surface area contributed by atoms with E-state index < -0.39 is 23.8 Å². The summed E-state index contributed by atoms with van der Waals surface area (Å²) in [5, 5.41) is 5.80. The van der Waals surface area contributed by atoms with Gasteiger partial charge >= 0.3 is 6.09 Å². The third-order valence-corrected chi connectivity index (χ3v) is 6.22. The van der Waals surface area contributed by atoms with Crippen LogP contribution in [0.2, 0.25) is 0 Å². The van der Waals surface area contributed by atoms with Gasteiger partial charge in [-0.15, -0.1) is 0 Å². The molecule has 0 aliphatic rings. The lowest BCUT2D eigenvalue weighted by atomic mass is 9.94. The van der Waals surface area contributed by atoms with E-state index >= 15 is 0 Å². The number of nitrogens with zero attached hydrogens (tertiary/aromatic N) is 1. The number of hydrogen-bond donors (Lipinski definition) is 2. The number of benzene rings is 2. The minimum atomic E-state index is -0.882. The fourth-order valence-electron chi connectivity index (χ4n) is 4.24. The van der Waals surface area contributed by atoms with Gasteiger partial charge < -0.3 is 20.3 Å². The molecule has 2 aromatic carbocycles. The number of likely N-dealkylation sites (N-methyl/N-ethyl adjacent to an activating group) is 1. The Hall–Kier alpha value is -3.35. The van der Waals surface area contributed by atoms with Crippen LogP contribution < -0.4 is 10.6 Å². The van der Waals surface area contributed by atoms with Crippen molar-refractivity contribution >= 4 is 23.6 Å². The summed E-state index contributed by atoms with van der Waals surface area (Å²) >= 11 is 0. The minimum absolute atomic E-state index is 0.127. The number of amides is 3. The fraction of sp³-hybridized carbons (Fsp3) is 0.500. The zero-order chi connectivity index (χ0) is 27.9. The van der Waals surface area contributed by atoms with Gasteiger partial charge in [0, 0.05) is 12.2 Å². The molecular formula is C30H43N3O4. The highest BCUT2D eigenvalue weighted by Gasteiger charge is 2.36. The molecule has 0 saturated carbocycles. The van der Waals surface area contributed by atoms with E-state index in [9.17, 15) is 14.4 Å². The largest absolute Gasteiger partial charge is 0.444 e. The first-order valence-electron chi connectivity index (χ1n) is 13.0. The molecule has 0 fully saturated rings. The van der Waals surface area contributed by atoms with E-state index in [2.05, 4.69) is 10.6 Å². The molecule has 202 valence electrons. The maximum atomic E-state index is 14.0. The van der Waals surface area contributed by atoms with Crippen LogP contribution in [0.5, 0.6) is 0 Å². The van der Waals surface area contributed by atoms with Gasteiger partial charge in [-0.2, -0.15) is 0 Å². The number of nitrogens with one attached hydrogen (secondary N) is 2. The molecule has 2 rings (SSSR count). The Morgan fingerprint density at radius 1 is 0.946 bits per heavy atom. The first kappa shape index (κ1) is 29.9. The van der Waals surface area contributed by atoms with E-state index in [1.165, 1.54) is 0 Å². The fourth-order valence-corrected chi connectivity index (χ4v) is 4.24. The van der Waals surface area contributed by atoms with Gasteiger partial charge in [0.25, 0.3) is 5.91 Å². The van der Waals surface area contributed by atoms with Gasteiger partial charge in [-0.3, -0.25) is 9.59 Å². The molecule has 7 nitrogen and oxygen atoms in total. The van der Waals surface area contributed by atoms with E-state index in [0.29, 0.717) is 12.1 Å². The number of anilines is 1. The van der Waals surface area contributed by atoms with Crippen molar-refractivity contribution in [3.05, 3.63) is 64.7 Å². The summed E-state index contributed by atoms with van der Waals surface area (Å²) in [5.41, 5.74) is 3.64. The average Bonchev–Trinajstić information content (AvgIpc) is 2.78. The lowest BCUT2D eigenvalue weighted by Gasteiger charge is -2.35. The van der Waals surface area contributed by atoms with Crippen molar-refractivity contribution in [2.75, 3.05) is 11.9 Å². The number of rotatable bonds is 9. The molecule has 0 spiro atoms. The Labute approximate surface area is 222 Å². The third-order valence-electron chi connectivity index (χ3n) is 6.22. The first-order chi connectivity index (χ1) is 17.2. The Balaban J connectivity index is 2.52. The molecule has 0 bridgehead atoms. The second-order valence-corrected chi connectivity index (χ2v) is 10.9. The second kappa shape index (κ2) is 12.7. The summed E-state index contributed by atoms with van der Waals surface area (Å²) in [4.78, 5) is 42.1. The summed E-state index contributed by atoms with van der Waals surface area (Å²) in [6, 6.07) is 11.6. The molecule has 2 aromatic rings. The van der Waals surface area contributed by atoms with Crippen molar-refractivity contribution in [2.45, 2.75) is 86.4 Å². The number of para-hydroxylation sites is 1. The number of hydrogen-bond acceptors (Lipinski definition) is 4. The van der Waals surface area contributed by atoms with Gasteiger partial charge in [-0.05, 0) is 89.1 Å². The Morgan fingerprint density at radius 3 is 2.14 bits per heavy atom. The lowest BCUT2D eigenvalue weighted by Crippen LogP contribution is -2.52. The molecule has 3 amide bonds. The Morgan fingerprint density at radius 2 is 1.57 bits per heavy atom. The SMILES string of the molecule is CCN(C(=O)C(CC(C)C)NC(=O)OC(C)(C)C)C(C(=O)Nc1ccccc1C)c1cccc(C)c1C. The minimum Gasteiger partial charge on any atom is -0.444 e. The summed E-state index contributed by atoms with van der Waals surface area (Å²) < 4.78 is 5.43. The number of aryl methyl sites for hydroxylation is 2. The van der Waals surface area contributed by atoms with Crippen LogP contribution in [0.4, 0.5) is 10.5 Å². The monoisotopic (exact) mass is 509 g/mol. The van der Waals surface area contributed by atoms with Gasteiger partial charge in [0.1, 0.15) is 17.7 Å². The highest BCUT2D eigenvalue weighted by atomic mass is 16.6. The van der Waals surface area contributed by atoms with Gasteiger partial charge in [-0.1, -0.05) is 50.2 Å². The van der Waals surface area contributed by atoms with Crippen LogP contribution in [0.3, 0.4) is 0 Å². The molecule has 2 unspecified atom stereocenters. The molecule has 37 heavy (non-hydrogen) atoms. The predicted octanol–water partition coefficient (Wildman–Crippen LogP) is 6.08. The lowest BCUT2D eigenvalue weighted by molar-refractivity contribution is -0.140. The number of carbonyl (C=O) groups excluding carboxylic acids is 3. The number of carbonyl (C=O) groups is 3. The molecule has 0 aliphatic carbocycles. The van der Waals surface area contributed by atoms with Crippen molar-refractivity contribution in [3.63, 3.8) is 0 Å². The summed E-state index contributed by atoms with van der Waals surface area (Å²) in [6.45, 7) is 17.3. The van der Waals surface area contributed by atoms with E-state index in [4.69, 9.17) is 4.74 Å². The molecule has 0 heterocycles. The maximum Gasteiger partial charge on any atom is 0.408 e. The van der Waals surface area contributed by atoms with Gasteiger partial charge in [0.05, 0.1) is 0 Å². The van der Waals surface area contributed by atoms with E-state index in [0.717, 1.165) is 22.3 Å². The normalized spacial score (nSPS) is 13.0. The highest BCUT2D eigenvalue weighted by molar-refractivity contribution is 5.99. The van der Waals surface area contributed by atoms with Crippen molar-refractivity contribution in [2.24, 2.45) is 5.92 Å². The van der Waals surface area contributed by atoms with E-state index in [1.54, 1.807) is 25.7 Å². The van der Waals surface area contributed by atoms with Gasteiger partial charge in [0.15, 0.2) is 0 Å². The standard InChI is InChI=1S/C30H43N3O4/c1-10-33(28(35)25(18-19(2)3)32-29(36)37-30(7,8)9)26(23-16-13-15-20(4)22(23)6)27(34)31-24-17-12-11-14-21(24)5/h11-17,19,25-26H,10,18H2,1-9H3,(H,31,34)(H,32,36). The van der Waals surface area contributed by atoms with Crippen LogP contribution in [0, 0.1) is 26.7 Å². The number of ether oxygens (including phenoxy) is 1. The molecule has 2 atom stereocenters. The molecule has 0 radical (unpaired) electrons. The van der Waals surface area contributed by atoms with Crippen molar-refractivity contribution in [1.82, 2.24) is 10.2 Å². The quantitative estimate of drug-likeness (QED) is 0.429. The summed E-state index contributed by atoms with van der Waals surface area (Å²) in [7, 11) is 0. The van der Waals surface area contributed by atoms with Gasteiger partial charge in [0.2, 0.25) is 5.91 Å². The summed E-state index contributed by atoms with van der Waals surface area (Å²) in [6.07, 6.45) is -0.247. The van der Waals surface area contributed by atoms with Crippen molar-refractivity contribution in [3.8, 4) is 0 Å². The van der Waals surface area contributed by atoms with Crippen molar-refractivity contribution < 1.29 is 19.1 Å². The number of alkyl carbamates (subject to hydrolysis) is 1. The molecule has 2 N–H and O–H groups in total. The Bertz CT molecular complexity index is 1100. The summed E-state index contributed by atoms with van der Waals surface area (Å²) in [5.74, 6) is -0.505. The molecule has 0 aliphatic heterocycles. The topological polar surface area (TPSA) is 87.7 Å². The maximum absolute atomic E-state index is 14.0. The zero-order valence-corrected chi connectivity index (χ0v) is 23.8. The van der Waals surface area contributed by atoms with Crippen LogP contribution in [0.15, 0.2) is 42.5 Å². The van der Waals surface area contributed by atoms with Crippen LogP contribution >= 0.6 is 0 Å². The van der Waals surface area contributed by atoms with Crippen LogP contribution in [0.25, 0.3) is 0 Å². The molecule has 0 aromatic heterocycles. The predicted molar refractivity (Wildman–Crippen MR) is 148 cm³/mol. The van der Waals surface area contributed by atoms with Crippen LogP contribution in [-0.2, 0) is 14.3 Å². The zero-order valence-electron chi connectivity index (χ0n) is 23.8. The molecular weight excluding hydrogens is 466 g/mol. The third kappa shape index (κ3) is 8.34. The molecule has 7 heteroatoms. The smallest absolute Gasteiger partial charge is 0.408 e. The average molecular weight is 510 g/mol. The Kier molecular flexibility index (Phi) is 10.3. The van der Waals surface area contributed by atoms with E-state index in [1.807, 2.05) is 84.0 Å². The van der Waals surface area contributed by atoms with Gasteiger partial charge in [-0.25, -0.2) is 4.79 Å². The second-order valence-electron chi connectivity index (χ2n) is 10.9. The molecule has 0 saturated heterocycles. The van der Waals surface area contributed by atoms with Crippen molar-refractivity contribution in [1.29, 1.82) is 0 Å². The van der Waals surface area contributed by atoms with E-state index in [-0.39, 0.29) is 24.3 Å².